The summed E-state index contributed by atoms with van der Waals surface area (Å²) < 4.78 is 0. The molecule has 0 aromatic rings. The predicted molar refractivity (Wildman–Crippen MR) is 122 cm³/mol. The van der Waals surface area contributed by atoms with Crippen molar-refractivity contribution in [2.75, 3.05) is 0 Å². The molecule has 3 N–H and O–H groups in total. The first-order valence-electron chi connectivity index (χ1n) is 12.6. The minimum absolute atomic E-state index is 0.0393. The molecule has 4 aliphatic carbocycles. The monoisotopic (exact) mass is 418 g/mol. The van der Waals surface area contributed by atoms with Gasteiger partial charge in [0.1, 0.15) is 0 Å². The molecule has 172 valence electrons. The maximum Gasteiger partial charge on any atom is 0.0664 e. The van der Waals surface area contributed by atoms with Gasteiger partial charge in [-0.3, -0.25) is 0 Å². The van der Waals surface area contributed by atoms with Crippen molar-refractivity contribution in [1.29, 1.82) is 0 Å². The van der Waals surface area contributed by atoms with E-state index >= 15 is 0 Å². The van der Waals surface area contributed by atoms with Crippen molar-refractivity contribution in [2.24, 2.45) is 40.4 Å². The molecule has 0 aliphatic heterocycles. The SMILES string of the molecule is C[C@H](CCC(C)(C)O)C1CCC2C3CC=C4CC(O)CCC4(C)C3C(C)(O)CC21C. The Morgan fingerprint density at radius 1 is 1.17 bits per heavy atom. The van der Waals surface area contributed by atoms with Crippen molar-refractivity contribution in [3.63, 3.8) is 0 Å². The van der Waals surface area contributed by atoms with E-state index in [0.717, 1.165) is 44.9 Å². The predicted octanol–water partition coefficient (Wildman–Crippen LogP) is 5.47. The number of aliphatic hydroxyl groups excluding tert-OH is 1. The zero-order valence-electron chi connectivity index (χ0n) is 20.2. The fourth-order valence-corrected chi connectivity index (χ4v) is 9.18. The van der Waals surface area contributed by atoms with Gasteiger partial charge in [-0.25, -0.2) is 0 Å². The van der Waals surface area contributed by atoms with Gasteiger partial charge in [-0.15, -0.1) is 0 Å². The average Bonchev–Trinajstić information content (AvgIpc) is 2.94. The highest BCUT2D eigenvalue weighted by molar-refractivity contribution is 5.28. The van der Waals surface area contributed by atoms with Crippen molar-refractivity contribution in [3.05, 3.63) is 11.6 Å². The number of aliphatic hydroxyl groups is 3. The third kappa shape index (κ3) is 3.61. The van der Waals surface area contributed by atoms with Crippen molar-refractivity contribution in [1.82, 2.24) is 0 Å². The van der Waals surface area contributed by atoms with Gasteiger partial charge in [-0.2, -0.15) is 0 Å². The molecule has 0 heterocycles. The Bertz CT molecular complexity index is 689. The lowest BCUT2D eigenvalue weighted by molar-refractivity contribution is -0.182. The molecule has 0 saturated heterocycles. The lowest BCUT2D eigenvalue weighted by atomic mass is 9.43. The van der Waals surface area contributed by atoms with Crippen molar-refractivity contribution >= 4 is 0 Å². The Labute approximate surface area is 184 Å². The molecule has 4 aliphatic rings. The van der Waals surface area contributed by atoms with Crippen molar-refractivity contribution in [3.8, 4) is 0 Å². The highest BCUT2D eigenvalue weighted by atomic mass is 16.3. The van der Waals surface area contributed by atoms with Gasteiger partial charge in [0.25, 0.3) is 0 Å². The summed E-state index contributed by atoms with van der Waals surface area (Å²) in [6, 6.07) is 0. The molecule has 0 amide bonds. The normalized spacial score (nSPS) is 49.6. The molecule has 0 spiro atoms. The summed E-state index contributed by atoms with van der Waals surface area (Å²) in [6.45, 7) is 13.2. The second kappa shape index (κ2) is 7.32. The van der Waals surface area contributed by atoms with Crippen LogP contribution in [0.5, 0.6) is 0 Å². The van der Waals surface area contributed by atoms with E-state index in [1.165, 1.54) is 18.4 Å². The second-order valence-electron chi connectivity index (χ2n) is 13.1. The standard InChI is InChI=1S/C27H46O3/c1-17(11-13-24(2,3)29)21-9-10-22-20-8-7-18-15-19(28)12-14-25(18,4)23(20)27(6,30)16-26(21,22)5/h7,17,19-23,28-30H,8-16H2,1-6H3/t17-,19?,20?,21?,22?,23?,25?,26?,27?/m1/s1. The van der Waals surface area contributed by atoms with Crippen molar-refractivity contribution < 1.29 is 15.3 Å². The molecular weight excluding hydrogens is 372 g/mol. The van der Waals surface area contributed by atoms with E-state index in [9.17, 15) is 15.3 Å². The third-order valence-electron chi connectivity index (χ3n) is 10.2. The molecule has 3 nitrogen and oxygen atoms in total. The van der Waals surface area contributed by atoms with Crippen molar-refractivity contribution in [2.45, 2.75) is 117 Å². The highest BCUT2D eigenvalue weighted by Crippen LogP contribution is 2.69. The van der Waals surface area contributed by atoms with Gasteiger partial charge in [0, 0.05) is 0 Å². The van der Waals surface area contributed by atoms with E-state index < -0.39 is 11.2 Å². The second-order valence-corrected chi connectivity index (χ2v) is 13.1. The molecule has 0 aromatic heterocycles. The van der Waals surface area contributed by atoms with E-state index in [1.54, 1.807) is 0 Å². The molecule has 0 radical (unpaired) electrons. The first kappa shape index (κ1) is 22.8. The summed E-state index contributed by atoms with van der Waals surface area (Å²) in [6.07, 6.45) is 11.4. The van der Waals surface area contributed by atoms with E-state index in [1.807, 2.05) is 13.8 Å². The number of fused-ring (bicyclic) bond motifs is 5. The fourth-order valence-electron chi connectivity index (χ4n) is 9.18. The first-order valence-corrected chi connectivity index (χ1v) is 12.6. The summed E-state index contributed by atoms with van der Waals surface area (Å²) >= 11 is 0. The summed E-state index contributed by atoms with van der Waals surface area (Å²) in [5, 5.41) is 32.5. The first-order chi connectivity index (χ1) is 13.8. The summed E-state index contributed by atoms with van der Waals surface area (Å²) in [7, 11) is 0. The van der Waals surface area contributed by atoms with Crippen LogP contribution in [0.1, 0.15) is 99.3 Å². The molecule has 3 fully saturated rings. The molecule has 4 rings (SSSR count). The van der Waals surface area contributed by atoms with Crippen LogP contribution in [0.25, 0.3) is 0 Å². The van der Waals surface area contributed by atoms with Crippen LogP contribution in [-0.2, 0) is 0 Å². The number of hydrogen-bond donors (Lipinski definition) is 3. The van der Waals surface area contributed by atoms with Gasteiger partial charge in [0.15, 0.2) is 0 Å². The Kier molecular flexibility index (Phi) is 5.56. The number of allylic oxidation sites excluding steroid dienone is 1. The van der Waals surface area contributed by atoms with Gasteiger partial charge in [0.2, 0.25) is 0 Å². The number of rotatable bonds is 4. The van der Waals surface area contributed by atoms with Gasteiger partial charge in [0.05, 0.1) is 17.3 Å². The molecule has 0 aromatic carbocycles. The van der Waals surface area contributed by atoms with Gasteiger partial charge in [-0.1, -0.05) is 32.4 Å². The maximum atomic E-state index is 12.0. The largest absolute Gasteiger partial charge is 0.393 e. The molecule has 3 heteroatoms. The van der Waals surface area contributed by atoms with Crippen LogP contribution in [0.3, 0.4) is 0 Å². The van der Waals surface area contributed by atoms with E-state index in [-0.39, 0.29) is 16.9 Å². The Morgan fingerprint density at radius 3 is 2.53 bits per heavy atom. The molecule has 30 heavy (non-hydrogen) atoms. The van der Waals surface area contributed by atoms with Crippen LogP contribution >= 0.6 is 0 Å². The zero-order valence-corrected chi connectivity index (χ0v) is 20.2. The lowest BCUT2D eigenvalue weighted by Crippen LogP contribution is -2.61. The molecule has 0 bridgehead atoms. The number of hydrogen-bond acceptors (Lipinski definition) is 3. The molecule has 9 atom stereocenters. The Morgan fingerprint density at radius 2 is 1.87 bits per heavy atom. The van der Waals surface area contributed by atoms with Crippen LogP contribution in [0.15, 0.2) is 11.6 Å². The van der Waals surface area contributed by atoms with E-state index in [4.69, 9.17) is 0 Å². The van der Waals surface area contributed by atoms with E-state index in [0.29, 0.717) is 29.6 Å². The van der Waals surface area contributed by atoms with Crippen LogP contribution < -0.4 is 0 Å². The topological polar surface area (TPSA) is 60.7 Å². The minimum Gasteiger partial charge on any atom is -0.393 e. The van der Waals surface area contributed by atoms with E-state index in [2.05, 4.69) is 33.8 Å². The van der Waals surface area contributed by atoms with Gasteiger partial charge >= 0.3 is 0 Å². The minimum atomic E-state index is -0.662. The molecular formula is C27H46O3. The quantitative estimate of drug-likeness (QED) is 0.530. The maximum absolute atomic E-state index is 12.0. The third-order valence-corrected chi connectivity index (χ3v) is 10.2. The van der Waals surface area contributed by atoms with Crippen LogP contribution in [0.4, 0.5) is 0 Å². The summed E-state index contributed by atoms with van der Waals surface area (Å²) in [5.41, 5.74) is 0.378. The van der Waals surface area contributed by atoms with Crippen LogP contribution in [-0.4, -0.2) is 32.6 Å². The van der Waals surface area contributed by atoms with Crippen LogP contribution in [0, 0.1) is 40.4 Å². The average molecular weight is 419 g/mol. The smallest absolute Gasteiger partial charge is 0.0664 e. The summed E-state index contributed by atoms with van der Waals surface area (Å²) in [5.74, 6) is 2.74. The zero-order chi connectivity index (χ0) is 22.1. The summed E-state index contributed by atoms with van der Waals surface area (Å²) in [4.78, 5) is 0. The Hall–Kier alpha value is -0.380. The lowest BCUT2D eigenvalue weighted by Gasteiger charge is -2.63. The fraction of sp³-hybridized carbons (Fsp3) is 0.926. The van der Waals surface area contributed by atoms with Gasteiger partial charge < -0.3 is 15.3 Å². The van der Waals surface area contributed by atoms with Crippen LogP contribution in [0.2, 0.25) is 0 Å². The highest BCUT2D eigenvalue weighted by Gasteiger charge is 2.65. The Balaban J connectivity index is 1.62. The molecule has 8 unspecified atom stereocenters. The van der Waals surface area contributed by atoms with Gasteiger partial charge in [-0.05, 0) is 119 Å². The molecule has 3 saturated carbocycles.